The Bertz CT molecular complexity index is 1310. The van der Waals surface area contributed by atoms with Crippen molar-refractivity contribution >= 4 is 28.6 Å². The lowest BCUT2D eigenvalue weighted by atomic mass is 9.95. The standard InChI is InChI=1S/C25H27N7O/c1-3-32-15-22-24(31-32)30-23(14-27-22)28-16(2)17-8-6-9-20(12-17)29-25(33)19-11-18-7-4-5-10-21(18)26-13-19/h6,8-9,11-16H,3-5,7,10H2,1-2H3,(H,29,33)(H,28,30,31)/t16-/m0/s1. The number of nitrogens with one attached hydrogen (secondary N) is 2. The van der Waals surface area contributed by atoms with E-state index in [1.807, 2.05) is 55.1 Å². The maximum absolute atomic E-state index is 12.8. The molecule has 0 spiro atoms. The molecule has 1 aromatic carbocycles. The van der Waals surface area contributed by atoms with Crippen LogP contribution in [-0.4, -0.2) is 30.6 Å². The summed E-state index contributed by atoms with van der Waals surface area (Å²) in [5, 5.41) is 10.8. The molecule has 0 aliphatic heterocycles. The first-order valence-corrected chi connectivity index (χ1v) is 11.4. The van der Waals surface area contributed by atoms with Crippen LogP contribution in [0.3, 0.4) is 0 Å². The van der Waals surface area contributed by atoms with E-state index >= 15 is 0 Å². The molecule has 8 heteroatoms. The monoisotopic (exact) mass is 441 g/mol. The fourth-order valence-corrected chi connectivity index (χ4v) is 4.18. The number of pyridine rings is 1. The largest absolute Gasteiger partial charge is 0.362 e. The SMILES string of the molecule is CCn1cc2ncc(N[C@@H](C)c3cccc(NC(=O)c4cnc5c(c4)CCCC5)c3)nc2n1. The minimum absolute atomic E-state index is 0.0349. The molecule has 33 heavy (non-hydrogen) atoms. The molecule has 1 atom stereocenters. The van der Waals surface area contributed by atoms with E-state index in [9.17, 15) is 4.79 Å². The van der Waals surface area contributed by atoms with Crippen molar-refractivity contribution in [3.8, 4) is 0 Å². The van der Waals surface area contributed by atoms with Crippen molar-refractivity contribution in [1.82, 2.24) is 24.7 Å². The van der Waals surface area contributed by atoms with E-state index in [-0.39, 0.29) is 11.9 Å². The van der Waals surface area contributed by atoms with Gasteiger partial charge in [-0.2, -0.15) is 5.10 Å². The topological polar surface area (TPSA) is 97.6 Å². The predicted molar refractivity (Wildman–Crippen MR) is 128 cm³/mol. The van der Waals surface area contributed by atoms with Crippen molar-refractivity contribution in [3.05, 3.63) is 71.3 Å². The Labute approximate surface area is 192 Å². The quantitative estimate of drug-likeness (QED) is 0.456. The molecule has 1 aliphatic carbocycles. The highest BCUT2D eigenvalue weighted by atomic mass is 16.1. The number of aryl methyl sites for hydroxylation is 3. The van der Waals surface area contributed by atoms with E-state index in [0.717, 1.165) is 48.3 Å². The van der Waals surface area contributed by atoms with Crippen LogP contribution in [-0.2, 0) is 19.4 Å². The Morgan fingerprint density at radius 1 is 1.15 bits per heavy atom. The van der Waals surface area contributed by atoms with Gasteiger partial charge >= 0.3 is 0 Å². The molecular weight excluding hydrogens is 414 g/mol. The van der Waals surface area contributed by atoms with Gasteiger partial charge in [-0.25, -0.2) is 9.97 Å². The summed E-state index contributed by atoms with van der Waals surface area (Å²) in [5.41, 5.74) is 6.08. The number of anilines is 2. The molecule has 2 N–H and O–H groups in total. The highest BCUT2D eigenvalue weighted by Crippen LogP contribution is 2.23. The molecule has 3 aromatic heterocycles. The van der Waals surface area contributed by atoms with Gasteiger partial charge in [0.25, 0.3) is 5.91 Å². The van der Waals surface area contributed by atoms with Crippen molar-refractivity contribution in [2.75, 3.05) is 10.6 Å². The molecule has 0 fully saturated rings. The average molecular weight is 442 g/mol. The normalized spacial score (nSPS) is 14.0. The second kappa shape index (κ2) is 8.97. The van der Waals surface area contributed by atoms with Gasteiger partial charge in [-0.05, 0) is 68.9 Å². The number of carbonyl (C=O) groups is 1. The number of amides is 1. The molecule has 0 bridgehead atoms. The number of rotatable bonds is 6. The van der Waals surface area contributed by atoms with E-state index in [2.05, 4.69) is 30.7 Å². The summed E-state index contributed by atoms with van der Waals surface area (Å²) in [4.78, 5) is 26.4. The molecule has 168 valence electrons. The zero-order valence-electron chi connectivity index (χ0n) is 18.9. The second-order valence-corrected chi connectivity index (χ2v) is 8.43. The number of hydrogen-bond acceptors (Lipinski definition) is 6. The highest BCUT2D eigenvalue weighted by molar-refractivity contribution is 6.04. The lowest BCUT2D eigenvalue weighted by molar-refractivity contribution is 0.102. The first kappa shape index (κ1) is 21.1. The van der Waals surface area contributed by atoms with Crippen LogP contribution in [0.25, 0.3) is 11.2 Å². The van der Waals surface area contributed by atoms with Gasteiger partial charge in [0.1, 0.15) is 11.3 Å². The summed E-state index contributed by atoms with van der Waals surface area (Å²) < 4.78 is 1.82. The molecular formula is C25H27N7O. The zero-order chi connectivity index (χ0) is 22.8. The minimum atomic E-state index is -0.142. The van der Waals surface area contributed by atoms with Crippen molar-refractivity contribution in [2.24, 2.45) is 0 Å². The van der Waals surface area contributed by atoms with E-state index < -0.39 is 0 Å². The Balaban J connectivity index is 1.29. The van der Waals surface area contributed by atoms with Crippen LogP contribution in [0.5, 0.6) is 0 Å². The first-order chi connectivity index (χ1) is 16.1. The lowest BCUT2D eigenvalue weighted by Crippen LogP contribution is -2.15. The zero-order valence-corrected chi connectivity index (χ0v) is 18.9. The molecule has 0 saturated carbocycles. The van der Waals surface area contributed by atoms with Crippen LogP contribution in [0, 0.1) is 0 Å². The Kier molecular flexibility index (Phi) is 5.73. The lowest BCUT2D eigenvalue weighted by Gasteiger charge is -2.17. The van der Waals surface area contributed by atoms with Gasteiger partial charge in [0, 0.05) is 24.1 Å². The number of aromatic nitrogens is 5. The third-order valence-corrected chi connectivity index (χ3v) is 6.04. The summed E-state index contributed by atoms with van der Waals surface area (Å²) in [6.07, 6.45) is 9.62. The van der Waals surface area contributed by atoms with Crippen molar-refractivity contribution in [3.63, 3.8) is 0 Å². The van der Waals surface area contributed by atoms with E-state index in [0.29, 0.717) is 17.0 Å². The third kappa shape index (κ3) is 4.55. The number of fused-ring (bicyclic) bond motifs is 2. The molecule has 0 radical (unpaired) electrons. The number of nitrogens with zero attached hydrogens (tertiary/aromatic N) is 5. The van der Waals surface area contributed by atoms with Gasteiger partial charge in [0.05, 0.1) is 24.0 Å². The van der Waals surface area contributed by atoms with Gasteiger partial charge in [-0.3, -0.25) is 14.5 Å². The molecule has 0 saturated heterocycles. The molecule has 4 aromatic rings. The smallest absolute Gasteiger partial charge is 0.257 e. The minimum Gasteiger partial charge on any atom is -0.362 e. The predicted octanol–water partition coefficient (Wildman–Crippen LogP) is 4.55. The summed E-state index contributed by atoms with van der Waals surface area (Å²) in [7, 11) is 0. The van der Waals surface area contributed by atoms with Crippen LogP contribution < -0.4 is 10.6 Å². The summed E-state index contributed by atoms with van der Waals surface area (Å²) in [6.45, 7) is 4.85. The number of benzene rings is 1. The van der Waals surface area contributed by atoms with Crippen molar-refractivity contribution in [2.45, 2.75) is 52.1 Å². The van der Waals surface area contributed by atoms with Gasteiger partial charge < -0.3 is 10.6 Å². The number of hydrogen-bond donors (Lipinski definition) is 2. The van der Waals surface area contributed by atoms with E-state index in [1.54, 1.807) is 12.4 Å². The first-order valence-electron chi connectivity index (χ1n) is 11.4. The molecule has 5 rings (SSSR count). The molecule has 8 nitrogen and oxygen atoms in total. The molecule has 1 amide bonds. The van der Waals surface area contributed by atoms with Crippen LogP contribution in [0.2, 0.25) is 0 Å². The third-order valence-electron chi connectivity index (χ3n) is 6.04. The van der Waals surface area contributed by atoms with Crippen LogP contribution in [0.1, 0.15) is 59.9 Å². The maximum Gasteiger partial charge on any atom is 0.257 e. The Morgan fingerprint density at radius 3 is 2.91 bits per heavy atom. The molecule has 3 heterocycles. The average Bonchev–Trinajstić information content (AvgIpc) is 3.26. The van der Waals surface area contributed by atoms with Gasteiger partial charge in [-0.15, -0.1) is 0 Å². The second-order valence-electron chi connectivity index (χ2n) is 8.43. The van der Waals surface area contributed by atoms with E-state index in [4.69, 9.17) is 0 Å². The van der Waals surface area contributed by atoms with Crippen LogP contribution in [0.4, 0.5) is 11.5 Å². The summed E-state index contributed by atoms with van der Waals surface area (Å²) in [6, 6.07) is 9.77. The molecule has 1 aliphatic rings. The van der Waals surface area contributed by atoms with Crippen LogP contribution in [0.15, 0.2) is 48.9 Å². The van der Waals surface area contributed by atoms with Gasteiger partial charge in [0.15, 0.2) is 0 Å². The van der Waals surface area contributed by atoms with Crippen LogP contribution >= 0.6 is 0 Å². The Hall–Kier alpha value is -3.81. The highest BCUT2D eigenvalue weighted by Gasteiger charge is 2.15. The number of carbonyl (C=O) groups excluding carboxylic acids is 1. The molecule has 0 unspecified atom stereocenters. The fourth-order valence-electron chi connectivity index (χ4n) is 4.18. The van der Waals surface area contributed by atoms with Crippen molar-refractivity contribution < 1.29 is 4.79 Å². The summed E-state index contributed by atoms with van der Waals surface area (Å²) in [5.74, 6) is 0.516. The van der Waals surface area contributed by atoms with Gasteiger partial charge in [0.2, 0.25) is 5.65 Å². The summed E-state index contributed by atoms with van der Waals surface area (Å²) >= 11 is 0. The maximum atomic E-state index is 12.8. The fraction of sp³-hybridized carbons (Fsp3) is 0.320. The van der Waals surface area contributed by atoms with Crippen molar-refractivity contribution in [1.29, 1.82) is 0 Å². The van der Waals surface area contributed by atoms with E-state index in [1.165, 1.54) is 12.0 Å². The van der Waals surface area contributed by atoms with Gasteiger partial charge in [-0.1, -0.05) is 12.1 Å². The Morgan fingerprint density at radius 2 is 2.03 bits per heavy atom.